The minimum absolute atomic E-state index is 0.120. The van der Waals surface area contributed by atoms with Crippen molar-refractivity contribution in [3.05, 3.63) is 88.8 Å². The van der Waals surface area contributed by atoms with Gasteiger partial charge in [0.2, 0.25) is 11.1 Å². The predicted molar refractivity (Wildman–Crippen MR) is 135 cm³/mol. The number of nitrogens with one attached hydrogen (secondary N) is 2. The fraction of sp³-hybridized carbons (Fsp3) is 0.130. The van der Waals surface area contributed by atoms with E-state index in [1.807, 2.05) is 48.5 Å². The van der Waals surface area contributed by atoms with Gasteiger partial charge in [-0.1, -0.05) is 53.7 Å². The molecule has 4 rings (SSSR count). The van der Waals surface area contributed by atoms with E-state index in [-0.39, 0.29) is 17.6 Å². The molecule has 0 spiro atoms. The molecule has 35 heavy (non-hydrogen) atoms. The van der Waals surface area contributed by atoms with Gasteiger partial charge in [0, 0.05) is 16.1 Å². The quantitative estimate of drug-likeness (QED) is 0.120. The molecule has 0 saturated carbocycles. The average Bonchev–Trinajstić information content (AvgIpc) is 3.52. The second-order valence-electron chi connectivity index (χ2n) is 7.11. The third kappa shape index (κ3) is 6.78. The molecule has 4 aromatic rings. The van der Waals surface area contributed by atoms with Gasteiger partial charge < -0.3 is 20.3 Å². The van der Waals surface area contributed by atoms with Crippen LogP contribution < -0.4 is 21.3 Å². The Morgan fingerprint density at radius 1 is 1.17 bits per heavy atom. The van der Waals surface area contributed by atoms with Gasteiger partial charge in [0.1, 0.15) is 18.1 Å². The highest BCUT2D eigenvalue weighted by molar-refractivity contribution is 7.99. The Kier molecular flexibility index (Phi) is 8.25. The topological polar surface area (TPSA) is 133 Å². The maximum absolute atomic E-state index is 12.0. The summed E-state index contributed by atoms with van der Waals surface area (Å²) < 4.78 is 12.3. The highest BCUT2D eigenvalue weighted by atomic mass is 35.5. The Labute approximate surface area is 210 Å². The van der Waals surface area contributed by atoms with Crippen LogP contribution in [-0.4, -0.2) is 32.7 Å². The van der Waals surface area contributed by atoms with Crippen LogP contribution in [0.1, 0.15) is 16.9 Å². The van der Waals surface area contributed by atoms with Crippen molar-refractivity contribution in [1.29, 1.82) is 0 Å². The average molecular weight is 512 g/mol. The standard InChI is InChI=1S/C23H22ClN7O3S/c24-19-9-3-1-7-17(19)14-34-20-10-4-2-6-16(20)12-27-28-22-29-30-23(31(22)25)35-15-21(32)26-13-18-8-5-11-33-18/h1-12H,13-15,25H2,(H,26,32)(H,28,29)/b27-12+. The minimum Gasteiger partial charge on any atom is -0.488 e. The molecule has 10 nitrogen and oxygen atoms in total. The number of amides is 1. The molecule has 2 heterocycles. The second-order valence-corrected chi connectivity index (χ2v) is 8.46. The molecule has 1 amide bonds. The number of nitrogens with zero attached hydrogens (tertiary/aromatic N) is 4. The predicted octanol–water partition coefficient (Wildman–Crippen LogP) is 3.67. The molecule has 4 N–H and O–H groups in total. The molecule has 0 aliphatic rings. The summed E-state index contributed by atoms with van der Waals surface area (Å²) in [5.74, 6) is 7.49. The highest BCUT2D eigenvalue weighted by Gasteiger charge is 2.12. The summed E-state index contributed by atoms with van der Waals surface area (Å²) in [5, 5.41) is 15.9. The number of furan rings is 1. The van der Waals surface area contributed by atoms with Crippen molar-refractivity contribution in [2.75, 3.05) is 17.0 Å². The lowest BCUT2D eigenvalue weighted by Gasteiger charge is -2.10. The number of aromatic nitrogens is 3. The van der Waals surface area contributed by atoms with E-state index in [4.69, 9.17) is 26.6 Å². The van der Waals surface area contributed by atoms with Gasteiger partial charge in [0.15, 0.2) is 0 Å². The summed E-state index contributed by atoms with van der Waals surface area (Å²) in [4.78, 5) is 12.0. The van der Waals surface area contributed by atoms with Gasteiger partial charge in [-0.2, -0.15) is 5.10 Å². The molecule has 0 radical (unpaired) electrons. The summed E-state index contributed by atoms with van der Waals surface area (Å²) >= 11 is 7.35. The lowest BCUT2D eigenvalue weighted by Crippen LogP contribution is -2.24. The number of carbonyl (C=O) groups excluding carboxylic acids is 1. The third-order valence-electron chi connectivity index (χ3n) is 4.66. The van der Waals surface area contributed by atoms with Crippen LogP contribution in [0.25, 0.3) is 0 Å². The van der Waals surface area contributed by atoms with Gasteiger partial charge in [-0.15, -0.1) is 10.2 Å². The molecular formula is C23H22ClN7O3S. The number of rotatable bonds is 11. The normalized spacial score (nSPS) is 11.0. The van der Waals surface area contributed by atoms with Crippen LogP contribution in [0.2, 0.25) is 5.02 Å². The highest BCUT2D eigenvalue weighted by Crippen LogP contribution is 2.21. The van der Waals surface area contributed by atoms with E-state index in [0.717, 1.165) is 22.9 Å². The SMILES string of the molecule is Nn1c(N/N=C/c2ccccc2OCc2ccccc2Cl)nnc1SCC(=O)NCc1ccco1. The van der Waals surface area contributed by atoms with Crippen molar-refractivity contribution in [2.45, 2.75) is 18.3 Å². The van der Waals surface area contributed by atoms with Crippen LogP contribution in [0.3, 0.4) is 0 Å². The maximum atomic E-state index is 12.0. The maximum Gasteiger partial charge on any atom is 0.264 e. The number of thioether (sulfide) groups is 1. The number of benzene rings is 2. The number of hydrazone groups is 1. The monoisotopic (exact) mass is 511 g/mol. The van der Waals surface area contributed by atoms with E-state index >= 15 is 0 Å². The second kappa shape index (κ2) is 12.0. The summed E-state index contributed by atoms with van der Waals surface area (Å²) in [6.45, 7) is 0.636. The number of anilines is 1. The molecule has 0 unspecified atom stereocenters. The number of carbonyl (C=O) groups is 1. The summed E-state index contributed by atoms with van der Waals surface area (Å²) in [6, 6.07) is 18.5. The van der Waals surface area contributed by atoms with Crippen molar-refractivity contribution in [2.24, 2.45) is 5.10 Å². The molecule has 0 fully saturated rings. The van der Waals surface area contributed by atoms with E-state index in [1.165, 1.54) is 4.68 Å². The van der Waals surface area contributed by atoms with E-state index in [1.54, 1.807) is 24.6 Å². The molecule has 0 atom stereocenters. The van der Waals surface area contributed by atoms with Gasteiger partial charge >= 0.3 is 0 Å². The smallest absolute Gasteiger partial charge is 0.264 e. The molecule has 180 valence electrons. The Morgan fingerprint density at radius 2 is 2.00 bits per heavy atom. The molecule has 12 heteroatoms. The van der Waals surface area contributed by atoms with E-state index in [2.05, 4.69) is 26.0 Å². The van der Waals surface area contributed by atoms with E-state index in [9.17, 15) is 4.79 Å². The van der Waals surface area contributed by atoms with Crippen LogP contribution in [0.5, 0.6) is 5.75 Å². The van der Waals surface area contributed by atoms with Crippen molar-refractivity contribution in [3.8, 4) is 5.75 Å². The van der Waals surface area contributed by atoms with Gasteiger partial charge in [-0.05, 0) is 30.3 Å². The number of hydrogen-bond acceptors (Lipinski definition) is 9. The lowest BCUT2D eigenvalue weighted by molar-refractivity contribution is -0.118. The summed E-state index contributed by atoms with van der Waals surface area (Å²) in [7, 11) is 0. The Hall–Kier alpha value is -3.96. The van der Waals surface area contributed by atoms with Crippen LogP contribution in [0.15, 0.2) is 81.6 Å². The zero-order valence-corrected chi connectivity index (χ0v) is 20.0. The molecule has 0 aliphatic heterocycles. The van der Waals surface area contributed by atoms with E-state index in [0.29, 0.717) is 34.8 Å². The third-order valence-corrected chi connectivity index (χ3v) is 5.98. The zero-order valence-electron chi connectivity index (χ0n) is 18.4. The first-order valence-electron chi connectivity index (χ1n) is 10.5. The molecule has 0 bridgehead atoms. The minimum atomic E-state index is -0.185. The molecule has 2 aromatic carbocycles. The Morgan fingerprint density at radius 3 is 2.83 bits per heavy atom. The summed E-state index contributed by atoms with van der Waals surface area (Å²) in [5.41, 5.74) is 4.39. The first kappa shape index (κ1) is 24.2. The number of nitrogen functional groups attached to an aromatic ring is 1. The largest absolute Gasteiger partial charge is 0.488 e. The van der Waals surface area contributed by atoms with Crippen LogP contribution in [-0.2, 0) is 17.9 Å². The Balaban J connectivity index is 1.30. The number of hydrogen-bond donors (Lipinski definition) is 3. The van der Waals surface area contributed by atoms with Gasteiger partial charge in [-0.3, -0.25) is 4.79 Å². The molecule has 0 aliphatic carbocycles. The molecule has 2 aromatic heterocycles. The number of ether oxygens (including phenoxy) is 1. The number of nitrogens with two attached hydrogens (primary N) is 1. The fourth-order valence-electron chi connectivity index (χ4n) is 2.88. The number of para-hydroxylation sites is 1. The van der Waals surface area contributed by atoms with Crippen molar-refractivity contribution < 1.29 is 13.9 Å². The van der Waals surface area contributed by atoms with Crippen molar-refractivity contribution >= 4 is 41.4 Å². The van der Waals surface area contributed by atoms with Gasteiger partial charge in [0.05, 0.1) is 24.8 Å². The van der Waals surface area contributed by atoms with Crippen LogP contribution >= 0.6 is 23.4 Å². The summed E-state index contributed by atoms with van der Waals surface area (Å²) in [6.07, 6.45) is 3.14. The van der Waals surface area contributed by atoms with Gasteiger partial charge in [-0.25, -0.2) is 10.1 Å². The van der Waals surface area contributed by atoms with Crippen LogP contribution in [0, 0.1) is 0 Å². The van der Waals surface area contributed by atoms with Crippen molar-refractivity contribution in [1.82, 2.24) is 20.2 Å². The first-order valence-corrected chi connectivity index (χ1v) is 11.8. The van der Waals surface area contributed by atoms with Gasteiger partial charge in [0.25, 0.3) is 5.95 Å². The Bertz CT molecular complexity index is 1290. The first-order chi connectivity index (χ1) is 17.1. The fourth-order valence-corrected chi connectivity index (χ4v) is 3.76. The number of halogens is 1. The lowest BCUT2D eigenvalue weighted by atomic mass is 10.2. The van der Waals surface area contributed by atoms with E-state index < -0.39 is 0 Å². The van der Waals surface area contributed by atoms with Crippen molar-refractivity contribution in [3.63, 3.8) is 0 Å². The molecule has 0 saturated heterocycles. The molecular weight excluding hydrogens is 490 g/mol. The zero-order chi connectivity index (χ0) is 24.5. The van der Waals surface area contributed by atoms with Crippen LogP contribution in [0.4, 0.5) is 5.95 Å².